The maximum absolute atomic E-state index is 11.9. The van der Waals surface area contributed by atoms with Crippen molar-refractivity contribution >= 4 is 17.5 Å². The summed E-state index contributed by atoms with van der Waals surface area (Å²) in [6.07, 6.45) is 0.574. The Hall–Kier alpha value is -1.26. The molecule has 4 nitrogen and oxygen atoms in total. The molecule has 1 aliphatic heterocycles. The lowest BCUT2D eigenvalue weighted by Crippen LogP contribution is -2.42. The minimum absolute atomic E-state index is 0.0570. The van der Waals surface area contributed by atoms with Crippen LogP contribution in [-0.4, -0.2) is 29.8 Å². The van der Waals surface area contributed by atoms with Crippen LogP contribution in [0.4, 0.5) is 0 Å². The molecular formula is C13H16ClNO3. The third-order valence-electron chi connectivity index (χ3n) is 2.94. The maximum atomic E-state index is 11.9. The van der Waals surface area contributed by atoms with Gasteiger partial charge in [-0.1, -0.05) is 11.6 Å². The van der Waals surface area contributed by atoms with Crippen molar-refractivity contribution in [2.75, 3.05) is 6.61 Å². The zero-order chi connectivity index (χ0) is 13.1. The molecule has 1 aromatic rings. The first-order chi connectivity index (χ1) is 8.60. The first-order valence-electron chi connectivity index (χ1n) is 5.96. The third-order valence-corrected chi connectivity index (χ3v) is 3.18. The van der Waals surface area contributed by atoms with Crippen molar-refractivity contribution < 1.29 is 14.6 Å². The molecule has 18 heavy (non-hydrogen) atoms. The minimum atomic E-state index is -0.500. The van der Waals surface area contributed by atoms with E-state index in [1.807, 2.05) is 13.0 Å². The largest absolute Gasteiger partial charge is 0.480 e. The van der Waals surface area contributed by atoms with E-state index in [0.29, 0.717) is 17.9 Å². The molecule has 0 saturated heterocycles. The van der Waals surface area contributed by atoms with Crippen molar-refractivity contribution in [2.45, 2.75) is 31.9 Å². The highest BCUT2D eigenvalue weighted by atomic mass is 35.5. The molecule has 0 aromatic heterocycles. The lowest BCUT2D eigenvalue weighted by molar-refractivity contribution is -0.127. The van der Waals surface area contributed by atoms with Gasteiger partial charge in [0.1, 0.15) is 5.75 Å². The molecule has 1 amide bonds. The average Bonchev–Trinajstić information content (AvgIpc) is 2.72. The predicted octanol–water partition coefficient (Wildman–Crippen LogP) is 1.53. The Morgan fingerprint density at radius 1 is 1.67 bits per heavy atom. The highest BCUT2D eigenvalue weighted by Crippen LogP contribution is 2.31. The Kier molecular flexibility index (Phi) is 4.09. The van der Waals surface area contributed by atoms with Crippen molar-refractivity contribution in [3.63, 3.8) is 0 Å². The van der Waals surface area contributed by atoms with E-state index in [9.17, 15) is 4.79 Å². The monoisotopic (exact) mass is 269 g/mol. The number of aliphatic hydroxyl groups is 1. The van der Waals surface area contributed by atoms with Crippen molar-refractivity contribution in [1.82, 2.24) is 5.32 Å². The van der Waals surface area contributed by atoms with Crippen LogP contribution in [0.5, 0.6) is 5.75 Å². The molecule has 0 saturated carbocycles. The van der Waals surface area contributed by atoms with Crippen LogP contribution in [0.1, 0.15) is 18.9 Å². The molecule has 0 aliphatic carbocycles. The van der Waals surface area contributed by atoms with Crippen LogP contribution < -0.4 is 10.1 Å². The van der Waals surface area contributed by atoms with Crippen LogP contribution in [0.25, 0.3) is 0 Å². The van der Waals surface area contributed by atoms with E-state index in [4.69, 9.17) is 21.4 Å². The van der Waals surface area contributed by atoms with E-state index in [1.54, 1.807) is 12.1 Å². The van der Waals surface area contributed by atoms with Gasteiger partial charge in [-0.25, -0.2) is 0 Å². The molecule has 0 fully saturated rings. The van der Waals surface area contributed by atoms with E-state index in [1.165, 1.54) is 0 Å². The summed E-state index contributed by atoms with van der Waals surface area (Å²) in [5.74, 6) is 0.567. The van der Waals surface area contributed by atoms with Crippen molar-refractivity contribution in [3.05, 3.63) is 28.8 Å². The van der Waals surface area contributed by atoms with Crippen LogP contribution in [0.15, 0.2) is 18.2 Å². The van der Waals surface area contributed by atoms with E-state index in [0.717, 1.165) is 11.3 Å². The Labute approximate surface area is 111 Å². The molecule has 98 valence electrons. The number of halogens is 1. The lowest BCUT2D eigenvalue weighted by atomic mass is 10.1. The van der Waals surface area contributed by atoms with Crippen LogP contribution in [-0.2, 0) is 11.2 Å². The molecule has 5 heteroatoms. The molecule has 0 radical (unpaired) electrons. The number of nitrogens with one attached hydrogen (secondary N) is 1. The van der Waals surface area contributed by atoms with Crippen LogP contribution in [0, 0.1) is 0 Å². The number of carbonyl (C=O) groups excluding carboxylic acids is 1. The van der Waals surface area contributed by atoms with E-state index >= 15 is 0 Å². The van der Waals surface area contributed by atoms with Crippen molar-refractivity contribution in [1.29, 1.82) is 0 Å². The molecule has 1 aromatic carbocycles. The first kappa shape index (κ1) is 13.2. The molecule has 0 spiro atoms. The summed E-state index contributed by atoms with van der Waals surface area (Å²) in [6.45, 7) is 1.91. The standard InChI is InChI=1S/C13H16ClNO3/c1-8(4-5-16)15-13(17)12-7-9-6-10(14)2-3-11(9)18-12/h2-3,6,8,12,16H,4-5,7H2,1H3,(H,15,17). The molecule has 2 rings (SSSR count). The van der Waals surface area contributed by atoms with Gasteiger partial charge in [0.2, 0.25) is 0 Å². The maximum Gasteiger partial charge on any atom is 0.261 e. The van der Waals surface area contributed by atoms with Gasteiger partial charge in [-0.05, 0) is 37.1 Å². The van der Waals surface area contributed by atoms with E-state index in [2.05, 4.69) is 5.32 Å². The Balaban J connectivity index is 1.96. The van der Waals surface area contributed by atoms with Gasteiger partial charge in [0, 0.05) is 24.1 Å². The normalized spacial score (nSPS) is 18.9. The summed E-state index contributed by atoms with van der Waals surface area (Å²) in [4.78, 5) is 11.9. The van der Waals surface area contributed by atoms with Gasteiger partial charge in [0.25, 0.3) is 5.91 Å². The van der Waals surface area contributed by atoms with Gasteiger partial charge in [-0.15, -0.1) is 0 Å². The summed E-state index contributed by atoms with van der Waals surface area (Å²) in [5, 5.41) is 12.3. The average molecular weight is 270 g/mol. The molecule has 1 heterocycles. The second-order valence-corrected chi connectivity index (χ2v) is 4.92. The number of amides is 1. The third kappa shape index (κ3) is 2.94. The Morgan fingerprint density at radius 2 is 2.44 bits per heavy atom. The second kappa shape index (κ2) is 5.59. The van der Waals surface area contributed by atoms with Gasteiger partial charge in [0.05, 0.1) is 0 Å². The fourth-order valence-corrected chi connectivity index (χ4v) is 2.16. The van der Waals surface area contributed by atoms with Gasteiger partial charge in [0.15, 0.2) is 6.10 Å². The van der Waals surface area contributed by atoms with Crippen LogP contribution in [0.3, 0.4) is 0 Å². The molecule has 1 aliphatic rings. The molecular weight excluding hydrogens is 254 g/mol. The first-order valence-corrected chi connectivity index (χ1v) is 6.34. The second-order valence-electron chi connectivity index (χ2n) is 4.48. The Morgan fingerprint density at radius 3 is 3.17 bits per heavy atom. The molecule has 2 atom stereocenters. The fourth-order valence-electron chi connectivity index (χ4n) is 1.97. The number of benzene rings is 1. The number of aliphatic hydroxyl groups excluding tert-OH is 1. The zero-order valence-corrected chi connectivity index (χ0v) is 10.9. The summed E-state index contributed by atoms with van der Waals surface area (Å²) < 4.78 is 5.57. The quantitative estimate of drug-likeness (QED) is 0.872. The van der Waals surface area contributed by atoms with Gasteiger partial charge >= 0.3 is 0 Å². The number of fused-ring (bicyclic) bond motifs is 1. The summed E-state index contributed by atoms with van der Waals surface area (Å²) in [5.41, 5.74) is 0.956. The number of hydrogen-bond donors (Lipinski definition) is 2. The van der Waals surface area contributed by atoms with E-state index in [-0.39, 0.29) is 18.6 Å². The number of hydrogen-bond acceptors (Lipinski definition) is 3. The highest BCUT2D eigenvalue weighted by Gasteiger charge is 2.29. The molecule has 2 unspecified atom stereocenters. The SMILES string of the molecule is CC(CCO)NC(=O)C1Cc2cc(Cl)ccc2O1. The lowest BCUT2D eigenvalue weighted by Gasteiger charge is -2.16. The van der Waals surface area contributed by atoms with Crippen molar-refractivity contribution in [2.24, 2.45) is 0 Å². The molecule has 0 bridgehead atoms. The fraction of sp³-hybridized carbons (Fsp3) is 0.462. The summed E-state index contributed by atoms with van der Waals surface area (Å²) >= 11 is 5.89. The number of rotatable bonds is 4. The van der Waals surface area contributed by atoms with Crippen LogP contribution in [0.2, 0.25) is 5.02 Å². The summed E-state index contributed by atoms with van der Waals surface area (Å²) in [6, 6.07) is 5.29. The Bertz CT molecular complexity index is 450. The predicted molar refractivity (Wildman–Crippen MR) is 68.9 cm³/mol. The zero-order valence-electron chi connectivity index (χ0n) is 10.1. The van der Waals surface area contributed by atoms with Gasteiger partial charge < -0.3 is 15.2 Å². The van der Waals surface area contributed by atoms with E-state index < -0.39 is 6.10 Å². The minimum Gasteiger partial charge on any atom is -0.480 e. The number of ether oxygens (including phenoxy) is 1. The smallest absolute Gasteiger partial charge is 0.261 e. The van der Waals surface area contributed by atoms with Crippen molar-refractivity contribution in [3.8, 4) is 5.75 Å². The molecule has 2 N–H and O–H groups in total. The van der Waals surface area contributed by atoms with Gasteiger partial charge in [-0.3, -0.25) is 4.79 Å². The number of carbonyl (C=O) groups is 1. The highest BCUT2D eigenvalue weighted by molar-refractivity contribution is 6.30. The topological polar surface area (TPSA) is 58.6 Å². The van der Waals surface area contributed by atoms with Crippen LogP contribution >= 0.6 is 11.6 Å². The van der Waals surface area contributed by atoms with Gasteiger partial charge in [-0.2, -0.15) is 0 Å². The summed E-state index contributed by atoms with van der Waals surface area (Å²) in [7, 11) is 0.